The lowest BCUT2D eigenvalue weighted by molar-refractivity contribution is -0.137. The average Bonchev–Trinajstić information content (AvgIpc) is 2.59. The maximum atomic E-state index is 12.0. The van der Waals surface area contributed by atoms with Gasteiger partial charge in [0.1, 0.15) is 5.75 Å². The highest BCUT2D eigenvalue weighted by Crippen LogP contribution is 2.21. The number of methoxy groups -OCH3 is 1. The van der Waals surface area contributed by atoms with Crippen LogP contribution in [0.3, 0.4) is 0 Å². The van der Waals surface area contributed by atoms with Gasteiger partial charge in [-0.05, 0) is 37.0 Å². The monoisotopic (exact) mass is 332 g/mol. The van der Waals surface area contributed by atoms with Gasteiger partial charge in [-0.3, -0.25) is 4.79 Å². The number of likely N-dealkylation sites (tertiary alicyclic amines) is 1. The summed E-state index contributed by atoms with van der Waals surface area (Å²) in [6.07, 6.45) is 4.38. The topological polar surface area (TPSA) is 78.9 Å². The van der Waals surface area contributed by atoms with Gasteiger partial charge in [-0.25, -0.2) is 4.79 Å². The first-order chi connectivity index (χ1) is 11.6. The zero-order valence-corrected chi connectivity index (χ0v) is 14.0. The predicted octanol–water partition coefficient (Wildman–Crippen LogP) is 2.75. The van der Waals surface area contributed by atoms with E-state index in [4.69, 9.17) is 9.84 Å². The molecular weight excluding hydrogens is 308 g/mol. The molecule has 0 aliphatic carbocycles. The standard InChI is InChI=1S/C18H24N2O4/c1-24-16-5-2-4-15(13-16)12-14-7-10-20(11-8-14)18(23)19-9-3-6-17(21)22/h2,4-5,12-13H,3,6-11H2,1H3,(H,19,23)(H,21,22). The normalized spacial score (nSPS) is 14.2. The molecule has 1 aliphatic heterocycles. The van der Waals surface area contributed by atoms with E-state index in [2.05, 4.69) is 11.4 Å². The van der Waals surface area contributed by atoms with E-state index in [1.54, 1.807) is 12.0 Å². The second kappa shape index (κ2) is 8.96. The highest BCUT2D eigenvalue weighted by molar-refractivity contribution is 5.74. The van der Waals surface area contributed by atoms with Crippen molar-refractivity contribution in [2.75, 3.05) is 26.7 Å². The molecule has 6 heteroatoms. The SMILES string of the molecule is COc1cccc(C=C2CCN(C(=O)NCCCC(=O)O)CC2)c1. The number of amides is 2. The Bertz CT molecular complexity index is 603. The molecule has 0 aromatic heterocycles. The van der Waals surface area contributed by atoms with E-state index >= 15 is 0 Å². The number of piperidine rings is 1. The van der Waals surface area contributed by atoms with Crippen molar-refractivity contribution in [1.82, 2.24) is 10.2 Å². The van der Waals surface area contributed by atoms with Crippen molar-refractivity contribution in [3.8, 4) is 5.75 Å². The Labute approximate surface area is 142 Å². The Morgan fingerprint density at radius 1 is 1.33 bits per heavy atom. The lowest BCUT2D eigenvalue weighted by atomic mass is 10.0. The van der Waals surface area contributed by atoms with Gasteiger partial charge in [0.25, 0.3) is 0 Å². The molecule has 1 aromatic rings. The third-order valence-corrected chi connectivity index (χ3v) is 4.00. The van der Waals surface area contributed by atoms with Crippen LogP contribution in [0.15, 0.2) is 29.8 Å². The molecular formula is C18H24N2O4. The molecule has 6 nitrogen and oxygen atoms in total. The van der Waals surface area contributed by atoms with Crippen molar-refractivity contribution in [1.29, 1.82) is 0 Å². The summed E-state index contributed by atoms with van der Waals surface area (Å²) in [5.41, 5.74) is 2.43. The molecule has 0 saturated carbocycles. The van der Waals surface area contributed by atoms with Crippen LogP contribution in [-0.4, -0.2) is 48.8 Å². The number of ether oxygens (including phenoxy) is 1. The smallest absolute Gasteiger partial charge is 0.317 e. The molecule has 0 atom stereocenters. The Morgan fingerprint density at radius 3 is 2.75 bits per heavy atom. The molecule has 1 aliphatic rings. The number of nitrogens with zero attached hydrogens (tertiary/aromatic N) is 1. The second-order valence-electron chi connectivity index (χ2n) is 5.80. The molecule has 130 valence electrons. The van der Waals surface area contributed by atoms with Crippen molar-refractivity contribution in [2.45, 2.75) is 25.7 Å². The van der Waals surface area contributed by atoms with E-state index in [0.29, 0.717) is 26.1 Å². The summed E-state index contributed by atoms with van der Waals surface area (Å²) >= 11 is 0. The predicted molar refractivity (Wildman–Crippen MR) is 92.0 cm³/mol. The number of carboxylic acids is 1. The molecule has 1 saturated heterocycles. The number of urea groups is 1. The summed E-state index contributed by atoms with van der Waals surface area (Å²) < 4.78 is 5.23. The molecule has 1 fully saturated rings. The molecule has 0 unspecified atom stereocenters. The van der Waals surface area contributed by atoms with Crippen LogP contribution in [0.25, 0.3) is 6.08 Å². The van der Waals surface area contributed by atoms with Gasteiger partial charge in [0.15, 0.2) is 0 Å². The average molecular weight is 332 g/mol. The van der Waals surface area contributed by atoms with Crippen LogP contribution >= 0.6 is 0 Å². The van der Waals surface area contributed by atoms with Crippen LogP contribution < -0.4 is 10.1 Å². The summed E-state index contributed by atoms with van der Waals surface area (Å²) in [6, 6.07) is 7.80. The Morgan fingerprint density at radius 2 is 2.08 bits per heavy atom. The third-order valence-electron chi connectivity index (χ3n) is 4.00. The number of carbonyl (C=O) groups excluding carboxylic acids is 1. The maximum Gasteiger partial charge on any atom is 0.317 e. The van der Waals surface area contributed by atoms with Crippen molar-refractivity contribution in [3.05, 3.63) is 35.4 Å². The summed E-state index contributed by atoms with van der Waals surface area (Å²) in [4.78, 5) is 24.2. The fraction of sp³-hybridized carbons (Fsp3) is 0.444. The van der Waals surface area contributed by atoms with Gasteiger partial charge in [-0.2, -0.15) is 0 Å². The quantitative estimate of drug-likeness (QED) is 0.785. The minimum atomic E-state index is -0.838. The molecule has 0 radical (unpaired) electrons. The maximum absolute atomic E-state index is 12.0. The number of nitrogens with one attached hydrogen (secondary N) is 1. The summed E-state index contributed by atoms with van der Waals surface area (Å²) in [7, 11) is 1.65. The molecule has 1 heterocycles. The van der Waals surface area contributed by atoms with Crippen molar-refractivity contribution in [2.24, 2.45) is 0 Å². The first-order valence-electron chi connectivity index (χ1n) is 8.16. The van der Waals surface area contributed by atoms with Gasteiger partial charge in [0, 0.05) is 26.1 Å². The molecule has 2 amide bonds. The third kappa shape index (κ3) is 5.61. The Kier molecular flexibility index (Phi) is 6.66. The number of hydrogen-bond acceptors (Lipinski definition) is 3. The number of carboxylic acid groups (broad SMARTS) is 1. The molecule has 24 heavy (non-hydrogen) atoms. The van der Waals surface area contributed by atoms with E-state index in [0.717, 1.165) is 24.2 Å². The van der Waals surface area contributed by atoms with Crippen LogP contribution in [0, 0.1) is 0 Å². The Balaban J connectivity index is 1.79. The van der Waals surface area contributed by atoms with Gasteiger partial charge in [-0.1, -0.05) is 23.8 Å². The zero-order valence-electron chi connectivity index (χ0n) is 14.0. The lowest BCUT2D eigenvalue weighted by Crippen LogP contribution is -2.43. The molecule has 2 N–H and O–H groups in total. The second-order valence-corrected chi connectivity index (χ2v) is 5.80. The van der Waals surface area contributed by atoms with Crippen LogP contribution in [0.5, 0.6) is 5.75 Å². The fourth-order valence-electron chi connectivity index (χ4n) is 2.66. The van der Waals surface area contributed by atoms with E-state index in [-0.39, 0.29) is 12.5 Å². The van der Waals surface area contributed by atoms with Crippen LogP contribution in [-0.2, 0) is 4.79 Å². The van der Waals surface area contributed by atoms with Crippen molar-refractivity contribution < 1.29 is 19.4 Å². The summed E-state index contributed by atoms with van der Waals surface area (Å²) in [6.45, 7) is 1.76. The lowest BCUT2D eigenvalue weighted by Gasteiger charge is -2.28. The highest BCUT2D eigenvalue weighted by atomic mass is 16.5. The van der Waals surface area contributed by atoms with Gasteiger partial charge < -0.3 is 20.1 Å². The fourth-order valence-corrected chi connectivity index (χ4v) is 2.66. The van der Waals surface area contributed by atoms with Gasteiger partial charge in [-0.15, -0.1) is 0 Å². The highest BCUT2D eigenvalue weighted by Gasteiger charge is 2.18. The van der Waals surface area contributed by atoms with Crippen molar-refractivity contribution in [3.63, 3.8) is 0 Å². The first-order valence-corrected chi connectivity index (χ1v) is 8.16. The number of hydrogen-bond donors (Lipinski definition) is 2. The minimum Gasteiger partial charge on any atom is -0.497 e. The number of benzene rings is 1. The first kappa shape index (κ1) is 17.8. The van der Waals surface area contributed by atoms with Crippen molar-refractivity contribution >= 4 is 18.1 Å². The number of carbonyl (C=O) groups is 2. The molecule has 0 bridgehead atoms. The molecule has 1 aromatic carbocycles. The van der Waals surface area contributed by atoms with Crippen LogP contribution in [0.4, 0.5) is 4.79 Å². The van der Waals surface area contributed by atoms with E-state index < -0.39 is 5.97 Å². The van der Waals surface area contributed by atoms with Gasteiger partial charge >= 0.3 is 12.0 Å². The van der Waals surface area contributed by atoms with Crippen LogP contribution in [0.2, 0.25) is 0 Å². The molecule has 0 spiro atoms. The Hall–Kier alpha value is -2.50. The van der Waals surface area contributed by atoms with E-state index in [1.165, 1.54) is 5.57 Å². The van der Waals surface area contributed by atoms with E-state index in [1.807, 2.05) is 24.3 Å². The van der Waals surface area contributed by atoms with E-state index in [9.17, 15) is 9.59 Å². The largest absolute Gasteiger partial charge is 0.497 e. The summed E-state index contributed by atoms with van der Waals surface area (Å²) in [5, 5.41) is 11.3. The minimum absolute atomic E-state index is 0.0771. The van der Waals surface area contributed by atoms with Crippen LogP contribution in [0.1, 0.15) is 31.2 Å². The summed E-state index contributed by atoms with van der Waals surface area (Å²) in [5.74, 6) is -0.00272. The molecule has 2 rings (SSSR count). The van der Waals surface area contributed by atoms with Gasteiger partial charge in [0.05, 0.1) is 7.11 Å². The zero-order chi connectivity index (χ0) is 17.4. The number of rotatable bonds is 6. The number of aliphatic carboxylic acids is 1. The van der Waals surface area contributed by atoms with Gasteiger partial charge in [0.2, 0.25) is 0 Å².